The molecule has 0 aromatic rings. The molecule has 2 N–H and O–H groups in total. The monoisotopic (exact) mass is 304 g/mol. The minimum absolute atomic E-state index is 0.179. The van der Waals surface area contributed by atoms with Crippen molar-refractivity contribution in [3.05, 3.63) is 0 Å². The Bertz CT molecular complexity index is 465. The Labute approximate surface area is 120 Å². The van der Waals surface area contributed by atoms with Crippen molar-refractivity contribution in [2.75, 3.05) is 31.1 Å². The van der Waals surface area contributed by atoms with E-state index in [0.29, 0.717) is 32.4 Å². The van der Waals surface area contributed by atoms with Crippen molar-refractivity contribution in [3.8, 4) is 0 Å². The molecule has 2 unspecified atom stereocenters. The van der Waals surface area contributed by atoms with Crippen molar-refractivity contribution in [2.45, 2.75) is 44.2 Å². The third kappa shape index (κ3) is 3.32. The standard InChI is InChI=1S/C13H24N2O4S/c1-2-14-13(12(16)17)5-4-11(10-13)15-6-3-8-20(18,19)9-7-15/h11,14H,2-10H2,1H3,(H,16,17). The van der Waals surface area contributed by atoms with Crippen LogP contribution in [0.1, 0.15) is 32.6 Å². The lowest BCUT2D eigenvalue weighted by molar-refractivity contribution is -0.144. The molecule has 116 valence electrons. The van der Waals surface area contributed by atoms with E-state index in [9.17, 15) is 18.3 Å². The maximum absolute atomic E-state index is 11.6. The van der Waals surface area contributed by atoms with Gasteiger partial charge in [0.15, 0.2) is 9.84 Å². The van der Waals surface area contributed by atoms with Gasteiger partial charge in [-0.2, -0.15) is 0 Å². The van der Waals surface area contributed by atoms with E-state index in [2.05, 4.69) is 10.2 Å². The van der Waals surface area contributed by atoms with Gasteiger partial charge in [0.25, 0.3) is 0 Å². The highest BCUT2D eigenvalue weighted by atomic mass is 32.2. The van der Waals surface area contributed by atoms with E-state index in [0.717, 1.165) is 13.0 Å². The molecule has 0 spiro atoms. The Hall–Kier alpha value is -0.660. The van der Waals surface area contributed by atoms with Crippen molar-refractivity contribution in [1.82, 2.24) is 10.2 Å². The third-order valence-corrected chi connectivity index (χ3v) is 6.23. The van der Waals surface area contributed by atoms with Gasteiger partial charge in [-0.25, -0.2) is 8.42 Å². The van der Waals surface area contributed by atoms with Crippen LogP contribution in [0.4, 0.5) is 0 Å². The van der Waals surface area contributed by atoms with E-state index >= 15 is 0 Å². The number of sulfone groups is 1. The lowest BCUT2D eigenvalue weighted by Gasteiger charge is -2.30. The Balaban J connectivity index is 2.03. The number of carbonyl (C=O) groups is 1. The summed E-state index contributed by atoms with van der Waals surface area (Å²) in [6, 6.07) is 0.179. The molecule has 1 aliphatic carbocycles. The van der Waals surface area contributed by atoms with Crippen molar-refractivity contribution < 1.29 is 18.3 Å². The quantitative estimate of drug-likeness (QED) is 0.765. The minimum Gasteiger partial charge on any atom is -0.480 e. The molecule has 0 amide bonds. The molecule has 2 aliphatic rings. The highest BCUT2D eigenvalue weighted by Crippen LogP contribution is 2.34. The van der Waals surface area contributed by atoms with Crippen LogP contribution in [-0.2, 0) is 14.6 Å². The molecule has 1 aliphatic heterocycles. The average Bonchev–Trinajstić information content (AvgIpc) is 2.71. The number of hydrogen-bond acceptors (Lipinski definition) is 5. The molecule has 0 aromatic carbocycles. The number of carboxylic acid groups (broad SMARTS) is 1. The molecule has 1 saturated carbocycles. The molecular formula is C13H24N2O4S. The van der Waals surface area contributed by atoms with Crippen LogP contribution in [0, 0.1) is 0 Å². The normalized spacial score (nSPS) is 34.8. The first-order valence-electron chi connectivity index (χ1n) is 7.31. The smallest absolute Gasteiger partial charge is 0.323 e. The predicted octanol–water partition coefficient (Wildman–Crippen LogP) is 0.0923. The molecule has 20 heavy (non-hydrogen) atoms. The Morgan fingerprint density at radius 1 is 1.40 bits per heavy atom. The number of nitrogens with zero attached hydrogens (tertiary/aromatic N) is 1. The van der Waals surface area contributed by atoms with Gasteiger partial charge in [-0.1, -0.05) is 6.92 Å². The maximum atomic E-state index is 11.6. The average molecular weight is 304 g/mol. The SMILES string of the molecule is CCNC1(C(=O)O)CCC(N2CCCS(=O)(=O)CC2)C1. The molecule has 2 fully saturated rings. The second kappa shape index (κ2) is 5.99. The summed E-state index contributed by atoms with van der Waals surface area (Å²) in [6.45, 7) is 3.84. The number of hydrogen-bond donors (Lipinski definition) is 2. The number of carboxylic acids is 1. The second-order valence-electron chi connectivity index (χ2n) is 5.86. The molecule has 6 nitrogen and oxygen atoms in total. The number of rotatable bonds is 4. The Kier molecular flexibility index (Phi) is 4.71. The largest absolute Gasteiger partial charge is 0.480 e. The lowest BCUT2D eigenvalue weighted by Crippen LogP contribution is -2.51. The summed E-state index contributed by atoms with van der Waals surface area (Å²) in [4.78, 5) is 13.7. The molecule has 1 heterocycles. The van der Waals surface area contributed by atoms with Crippen molar-refractivity contribution >= 4 is 15.8 Å². The molecule has 2 atom stereocenters. The molecule has 1 saturated heterocycles. The fourth-order valence-corrected chi connectivity index (χ4v) is 4.71. The fourth-order valence-electron chi connectivity index (χ4n) is 3.42. The molecule has 0 bridgehead atoms. The van der Waals surface area contributed by atoms with Crippen LogP contribution < -0.4 is 5.32 Å². The van der Waals surface area contributed by atoms with E-state index < -0.39 is 21.3 Å². The van der Waals surface area contributed by atoms with E-state index in [-0.39, 0.29) is 17.5 Å². The second-order valence-corrected chi connectivity index (χ2v) is 8.16. The number of nitrogens with one attached hydrogen (secondary N) is 1. The van der Waals surface area contributed by atoms with Crippen LogP contribution in [0.3, 0.4) is 0 Å². The minimum atomic E-state index is -2.91. The van der Waals surface area contributed by atoms with E-state index in [4.69, 9.17) is 0 Å². The Morgan fingerprint density at radius 2 is 2.15 bits per heavy atom. The van der Waals surface area contributed by atoms with Crippen LogP contribution in [0.25, 0.3) is 0 Å². The predicted molar refractivity (Wildman–Crippen MR) is 76.5 cm³/mol. The van der Waals surface area contributed by atoms with E-state index in [1.165, 1.54) is 0 Å². The van der Waals surface area contributed by atoms with Gasteiger partial charge in [0.1, 0.15) is 5.54 Å². The first-order valence-corrected chi connectivity index (χ1v) is 9.13. The van der Waals surface area contributed by atoms with E-state index in [1.807, 2.05) is 6.92 Å². The highest BCUT2D eigenvalue weighted by Gasteiger charge is 2.46. The lowest BCUT2D eigenvalue weighted by atomic mass is 9.97. The van der Waals surface area contributed by atoms with Crippen LogP contribution >= 0.6 is 0 Å². The highest BCUT2D eigenvalue weighted by molar-refractivity contribution is 7.91. The van der Waals surface area contributed by atoms with Gasteiger partial charge in [-0.05, 0) is 38.8 Å². The van der Waals surface area contributed by atoms with Gasteiger partial charge in [0, 0.05) is 12.6 Å². The van der Waals surface area contributed by atoms with Gasteiger partial charge >= 0.3 is 5.97 Å². The zero-order valence-corrected chi connectivity index (χ0v) is 12.8. The number of likely N-dealkylation sites (N-methyl/N-ethyl adjacent to an activating group) is 1. The van der Waals surface area contributed by atoms with Gasteiger partial charge in [-0.15, -0.1) is 0 Å². The van der Waals surface area contributed by atoms with E-state index in [1.54, 1.807) is 0 Å². The first kappa shape index (κ1) is 15.7. The van der Waals surface area contributed by atoms with Crippen LogP contribution in [0.2, 0.25) is 0 Å². The summed E-state index contributed by atoms with van der Waals surface area (Å²) in [5, 5.41) is 12.6. The van der Waals surface area contributed by atoms with Crippen LogP contribution in [0.5, 0.6) is 0 Å². The Morgan fingerprint density at radius 3 is 2.80 bits per heavy atom. The van der Waals surface area contributed by atoms with Crippen LogP contribution in [0.15, 0.2) is 0 Å². The molecule has 7 heteroatoms. The van der Waals surface area contributed by atoms with Gasteiger partial charge in [0.05, 0.1) is 11.5 Å². The zero-order valence-electron chi connectivity index (χ0n) is 12.0. The molecule has 0 aromatic heterocycles. The molecular weight excluding hydrogens is 280 g/mol. The summed E-state index contributed by atoms with van der Waals surface area (Å²) in [5.41, 5.74) is -0.829. The van der Waals surface area contributed by atoms with Crippen molar-refractivity contribution in [3.63, 3.8) is 0 Å². The molecule has 0 radical (unpaired) electrons. The van der Waals surface area contributed by atoms with Gasteiger partial charge in [0.2, 0.25) is 0 Å². The summed E-state index contributed by atoms with van der Waals surface area (Å²) in [6.07, 6.45) is 2.65. The summed E-state index contributed by atoms with van der Waals surface area (Å²) in [5.74, 6) is -0.331. The van der Waals surface area contributed by atoms with Gasteiger partial charge < -0.3 is 10.4 Å². The summed E-state index contributed by atoms with van der Waals surface area (Å²) < 4.78 is 23.3. The van der Waals surface area contributed by atoms with Crippen LogP contribution in [-0.4, -0.2) is 67.1 Å². The topological polar surface area (TPSA) is 86.7 Å². The van der Waals surface area contributed by atoms with Crippen molar-refractivity contribution in [1.29, 1.82) is 0 Å². The maximum Gasteiger partial charge on any atom is 0.323 e. The fraction of sp³-hybridized carbons (Fsp3) is 0.923. The zero-order chi connectivity index (χ0) is 14.8. The van der Waals surface area contributed by atoms with Gasteiger partial charge in [-0.3, -0.25) is 9.69 Å². The summed E-state index contributed by atoms with van der Waals surface area (Å²) in [7, 11) is -2.91. The number of aliphatic carboxylic acids is 1. The van der Waals surface area contributed by atoms with Crippen molar-refractivity contribution in [2.24, 2.45) is 0 Å². The molecule has 2 rings (SSSR count). The first-order chi connectivity index (χ1) is 9.38. The third-order valence-electron chi connectivity index (χ3n) is 4.52. The summed E-state index contributed by atoms with van der Waals surface area (Å²) >= 11 is 0.